The third-order valence-electron chi connectivity index (χ3n) is 3.45. The van der Waals surface area contributed by atoms with Crippen LogP contribution in [-0.4, -0.2) is 12.0 Å². The van der Waals surface area contributed by atoms with Crippen molar-refractivity contribution in [2.45, 2.75) is 40.3 Å². The molecule has 1 heterocycles. The van der Waals surface area contributed by atoms with Crippen LogP contribution < -0.4 is 10.1 Å². The van der Waals surface area contributed by atoms with E-state index in [0.29, 0.717) is 6.54 Å². The molecule has 4 nitrogen and oxygen atoms in total. The molecule has 0 spiro atoms. The lowest BCUT2D eigenvalue weighted by Gasteiger charge is -2.17. The van der Waals surface area contributed by atoms with Gasteiger partial charge in [-0.05, 0) is 62.6 Å². The number of aryl methyl sites for hydroxylation is 2. The maximum Gasteiger partial charge on any atom is 0.261 e. The van der Waals surface area contributed by atoms with E-state index in [-0.39, 0.29) is 5.91 Å². The van der Waals surface area contributed by atoms with Crippen molar-refractivity contribution < 1.29 is 13.9 Å². The van der Waals surface area contributed by atoms with Gasteiger partial charge in [-0.1, -0.05) is 6.07 Å². The van der Waals surface area contributed by atoms with Crippen molar-refractivity contribution in [3.05, 3.63) is 53.0 Å². The molecule has 0 bridgehead atoms. The number of carbonyl (C=O) groups excluding carboxylic acids is 1. The minimum atomic E-state index is -0.556. The summed E-state index contributed by atoms with van der Waals surface area (Å²) in [6.45, 7) is 8.16. The number of nitrogens with one attached hydrogen (secondary N) is 1. The van der Waals surface area contributed by atoms with E-state index < -0.39 is 6.10 Å². The summed E-state index contributed by atoms with van der Waals surface area (Å²) >= 11 is 0. The molecule has 1 amide bonds. The molecule has 0 saturated carbocycles. The third kappa shape index (κ3) is 3.88. The van der Waals surface area contributed by atoms with Gasteiger partial charge in [0.1, 0.15) is 11.5 Å². The van der Waals surface area contributed by atoms with Crippen LogP contribution in [0.25, 0.3) is 0 Å². The molecular weight excluding hydrogens is 266 g/mol. The van der Waals surface area contributed by atoms with Crippen molar-refractivity contribution in [3.63, 3.8) is 0 Å². The number of carbonyl (C=O) groups is 1. The van der Waals surface area contributed by atoms with Crippen LogP contribution in [0, 0.1) is 20.8 Å². The molecule has 4 heteroatoms. The van der Waals surface area contributed by atoms with E-state index in [4.69, 9.17) is 9.15 Å². The van der Waals surface area contributed by atoms with E-state index in [1.165, 1.54) is 0 Å². The number of hydrogen-bond acceptors (Lipinski definition) is 3. The number of hydrogen-bond donors (Lipinski definition) is 1. The Hall–Kier alpha value is -2.23. The smallest absolute Gasteiger partial charge is 0.261 e. The first-order chi connectivity index (χ1) is 9.97. The number of rotatable bonds is 5. The second-order valence-corrected chi connectivity index (χ2v) is 5.26. The molecule has 21 heavy (non-hydrogen) atoms. The maximum atomic E-state index is 12.0. The summed E-state index contributed by atoms with van der Waals surface area (Å²) in [5, 5.41) is 2.80. The Kier molecular flexibility index (Phi) is 4.68. The van der Waals surface area contributed by atoms with Crippen molar-refractivity contribution in [2.24, 2.45) is 0 Å². The lowest BCUT2D eigenvalue weighted by atomic mass is 10.1. The number of ether oxygens (including phenoxy) is 1. The van der Waals surface area contributed by atoms with E-state index in [1.54, 1.807) is 19.3 Å². The number of amides is 1. The first-order valence-corrected chi connectivity index (χ1v) is 7.02. The average molecular weight is 287 g/mol. The molecule has 0 fully saturated rings. The fourth-order valence-electron chi connectivity index (χ4n) is 2.10. The standard InChI is InChI=1S/C17H21NO3/c1-11-8-12(2)13(3)16(9-11)21-14(4)17(19)18-10-15-6-5-7-20-15/h5-9,14H,10H2,1-4H3,(H,18,19)/t14-/m1/s1. The van der Waals surface area contributed by atoms with Gasteiger partial charge in [-0.25, -0.2) is 0 Å². The van der Waals surface area contributed by atoms with Gasteiger partial charge in [0.05, 0.1) is 12.8 Å². The molecule has 0 aliphatic rings. The first kappa shape index (κ1) is 15.2. The zero-order valence-corrected chi connectivity index (χ0v) is 12.9. The molecule has 0 saturated heterocycles. The van der Waals surface area contributed by atoms with Gasteiger partial charge in [-0.15, -0.1) is 0 Å². The Morgan fingerprint density at radius 3 is 2.76 bits per heavy atom. The van der Waals surface area contributed by atoms with Crippen molar-refractivity contribution in [3.8, 4) is 5.75 Å². The molecule has 112 valence electrons. The SMILES string of the molecule is Cc1cc(C)c(C)c(O[C@H](C)C(=O)NCc2ccco2)c1. The Balaban J connectivity index is 1.97. The van der Waals surface area contributed by atoms with Crippen LogP contribution in [0.1, 0.15) is 29.4 Å². The number of furan rings is 1. The highest BCUT2D eigenvalue weighted by Gasteiger charge is 2.16. The monoisotopic (exact) mass is 287 g/mol. The molecule has 2 aromatic rings. The minimum absolute atomic E-state index is 0.162. The maximum absolute atomic E-state index is 12.0. The summed E-state index contributed by atoms with van der Waals surface area (Å²) in [6.07, 6.45) is 1.03. The summed E-state index contributed by atoms with van der Waals surface area (Å²) in [6, 6.07) is 7.67. The molecule has 1 aromatic carbocycles. The molecule has 2 rings (SSSR count). The van der Waals surface area contributed by atoms with E-state index in [2.05, 4.69) is 11.4 Å². The summed E-state index contributed by atoms with van der Waals surface area (Å²) in [5.41, 5.74) is 3.34. The summed E-state index contributed by atoms with van der Waals surface area (Å²) in [4.78, 5) is 12.0. The van der Waals surface area contributed by atoms with Crippen LogP contribution in [0.3, 0.4) is 0 Å². The van der Waals surface area contributed by atoms with Crippen LogP contribution in [0.4, 0.5) is 0 Å². The molecule has 1 aromatic heterocycles. The van der Waals surface area contributed by atoms with E-state index in [9.17, 15) is 4.79 Å². The third-order valence-corrected chi connectivity index (χ3v) is 3.45. The highest BCUT2D eigenvalue weighted by atomic mass is 16.5. The number of benzene rings is 1. The molecule has 0 aliphatic heterocycles. The highest BCUT2D eigenvalue weighted by Crippen LogP contribution is 2.24. The highest BCUT2D eigenvalue weighted by molar-refractivity contribution is 5.80. The van der Waals surface area contributed by atoms with Gasteiger partial charge >= 0.3 is 0 Å². The Morgan fingerprint density at radius 1 is 1.33 bits per heavy atom. The van der Waals surface area contributed by atoms with Crippen LogP contribution in [0.5, 0.6) is 5.75 Å². The van der Waals surface area contributed by atoms with Gasteiger partial charge in [0.25, 0.3) is 5.91 Å². The molecule has 1 atom stereocenters. The fourth-order valence-corrected chi connectivity index (χ4v) is 2.10. The normalized spacial score (nSPS) is 12.0. The van der Waals surface area contributed by atoms with Gasteiger partial charge in [0, 0.05) is 0 Å². The average Bonchev–Trinajstić information content (AvgIpc) is 2.94. The summed E-state index contributed by atoms with van der Waals surface area (Å²) < 4.78 is 11.0. The van der Waals surface area contributed by atoms with Gasteiger partial charge in [-0.3, -0.25) is 4.79 Å². The minimum Gasteiger partial charge on any atom is -0.481 e. The predicted octanol–water partition coefficient (Wildman–Crippen LogP) is 3.29. The lowest BCUT2D eigenvalue weighted by molar-refractivity contribution is -0.127. The second-order valence-electron chi connectivity index (χ2n) is 5.26. The largest absolute Gasteiger partial charge is 0.481 e. The van der Waals surface area contributed by atoms with E-state index >= 15 is 0 Å². The van der Waals surface area contributed by atoms with Crippen molar-refractivity contribution in [1.29, 1.82) is 0 Å². The van der Waals surface area contributed by atoms with Crippen molar-refractivity contribution in [2.75, 3.05) is 0 Å². The second kappa shape index (κ2) is 6.48. The van der Waals surface area contributed by atoms with Gasteiger partial charge < -0.3 is 14.5 Å². The Labute approximate surface area is 125 Å². The zero-order valence-electron chi connectivity index (χ0n) is 12.9. The van der Waals surface area contributed by atoms with Gasteiger partial charge in [0.15, 0.2) is 6.10 Å². The quantitative estimate of drug-likeness (QED) is 0.918. The van der Waals surface area contributed by atoms with Crippen LogP contribution >= 0.6 is 0 Å². The molecule has 0 unspecified atom stereocenters. The van der Waals surface area contributed by atoms with Crippen LogP contribution in [-0.2, 0) is 11.3 Å². The Morgan fingerprint density at radius 2 is 2.10 bits per heavy atom. The Bertz CT molecular complexity index is 617. The first-order valence-electron chi connectivity index (χ1n) is 7.02. The van der Waals surface area contributed by atoms with E-state index in [0.717, 1.165) is 28.2 Å². The van der Waals surface area contributed by atoms with Crippen molar-refractivity contribution in [1.82, 2.24) is 5.32 Å². The molecule has 0 aliphatic carbocycles. The zero-order chi connectivity index (χ0) is 15.4. The van der Waals surface area contributed by atoms with Crippen molar-refractivity contribution >= 4 is 5.91 Å². The molecular formula is C17H21NO3. The summed E-state index contributed by atoms with van der Waals surface area (Å²) in [7, 11) is 0. The summed E-state index contributed by atoms with van der Waals surface area (Å²) in [5.74, 6) is 1.32. The predicted molar refractivity (Wildman–Crippen MR) is 81.3 cm³/mol. The van der Waals surface area contributed by atoms with Crippen LogP contribution in [0.2, 0.25) is 0 Å². The van der Waals surface area contributed by atoms with Crippen LogP contribution in [0.15, 0.2) is 34.9 Å². The topological polar surface area (TPSA) is 51.5 Å². The lowest BCUT2D eigenvalue weighted by Crippen LogP contribution is -2.36. The molecule has 1 N–H and O–H groups in total. The van der Waals surface area contributed by atoms with E-state index in [1.807, 2.05) is 32.9 Å². The van der Waals surface area contributed by atoms with Gasteiger partial charge in [0.2, 0.25) is 0 Å². The fraction of sp³-hybridized carbons (Fsp3) is 0.353. The molecule has 0 radical (unpaired) electrons. The van der Waals surface area contributed by atoms with Gasteiger partial charge in [-0.2, -0.15) is 0 Å².